The fourth-order valence-corrected chi connectivity index (χ4v) is 2.45. The summed E-state index contributed by atoms with van der Waals surface area (Å²) in [5.41, 5.74) is 4.36. The average Bonchev–Trinajstić information content (AvgIpc) is 2.93. The quantitative estimate of drug-likeness (QED) is 0.672. The normalized spacial score (nSPS) is 11.4. The molecule has 2 rings (SSSR count). The van der Waals surface area contributed by atoms with Crippen molar-refractivity contribution in [3.8, 4) is 0 Å². The summed E-state index contributed by atoms with van der Waals surface area (Å²) in [6.45, 7) is 1.88. The third-order valence-corrected chi connectivity index (χ3v) is 4.01. The molecule has 1 aromatic carbocycles. The van der Waals surface area contributed by atoms with E-state index in [9.17, 15) is 4.79 Å². The Morgan fingerprint density at radius 3 is 2.68 bits per heavy atom. The smallest absolute Gasteiger partial charge is 0.244 e. The summed E-state index contributed by atoms with van der Waals surface area (Å²) in [5.74, 6) is -0.113. The fourth-order valence-electron chi connectivity index (χ4n) is 1.51. The van der Waals surface area contributed by atoms with Crippen molar-refractivity contribution in [1.29, 1.82) is 0 Å². The van der Waals surface area contributed by atoms with Gasteiger partial charge >= 0.3 is 0 Å². The van der Waals surface area contributed by atoms with Crippen LogP contribution in [0.15, 0.2) is 51.4 Å². The van der Waals surface area contributed by atoms with Gasteiger partial charge in [0.25, 0.3) is 0 Å². The molecular formula is C14H13BrN2OS. The number of rotatable bonds is 4. The van der Waals surface area contributed by atoms with Gasteiger partial charge in [0.05, 0.1) is 12.1 Å². The van der Waals surface area contributed by atoms with Gasteiger partial charge in [-0.05, 0) is 36.1 Å². The number of thiophene rings is 1. The Balaban J connectivity index is 1.91. The van der Waals surface area contributed by atoms with Crippen LogP contribution in [0.3, 0.4) is 0 Å². The Morgan fingerprint density at radius 1 is 1.32 bits per heavy atom. The summed E-state index contributed by atoms with van der Waals surface area (Å²) >= 11 is 4.96. The minimum atomic E-state index is -0.113. The van der Waals surface area contributed by atoms with E-state index >= 15 is 0 Å². The zero-order valence-electron chi connectivity index (χ0n) is 10.4. The molecule has 3 nitrogen and oxygen atoms in total. The Labute approximate surface area is 124 Å². The largest absolute Gasteiger partial charge is 0.273 e. The van der Waals surface area contributed by atoms with Crippen LogP contribution in [0.1, 0.15) is 17.4 Å². The van der Waals surface area contributed by atoms with E-state index in [0.29, 0.717) is 6.42 Å². The lowest BCUT2D eigenvalue weighted by atomic mass is 10.1. The topological polar surface area (TPSA) is 41.5 Å². The van der Waals surface area contributed by atoms with Crippen molar-refractivity contribution < 1.29 is 4.79 Å². The SMILES string of the molecule is C/C(=N\NC(=O)Cc1ccc(Br)cc1)c1cccs1. The molecular weight excluding hydrogens is 324 g/mol. The fraction of sp³-hybridized carbons (Fsp3) is 0.143. The van der Waals surface area contributed by atoms with Gasteiger partial charge in [-0.15, -0.1) is 11.3 Å². The van der Waals surface area contributed by atoms with Crippen molar-refractivity contribution in [2.45, 2.75) is 13.3 Å². The molecule has 0 aliphatic heterocycles. The van der Waals surface area contributed by atoms with Crippen molar-refractivity contribution in [3.05, 3.63) is 56.7 Å². The van der Waals surface area contributed by atoms with Gasteiger partial charge in [0, 0.05) is 9.35 Å². The second-order valence-electron chi connectivity index (χ2n) is 4.01. The zero-order valence-corrected chi connectivity index (χ0v) is 12.8. The molecule has 1 N–H and O–H groups in total. The predicted molar refractivity (Wildman–Crippen MR) is 82.5 cm³/mol. The average molecular weight is 337 g/mol. The molecule has 0 spiro atoms. The first-order chi connectivity index (χ1) is 9.15. The molecule has 0 saturated carbocycles. The van der Waals surface area contributed by atoms with Crippen LogP contribution in [0.2, 0.25) is 0 Å². The van der Waals surface area contributed by atoms with E-state index in [2.05, 4.69) is 26.5 Å². The minimum Gasteiger partial charge on any atom is -0.273 e. The molecule has 98 valence electrons. The monoisotopic (exact) mass is 336 g/mol. The summed E-state index contributed by atoms with van der Waals surface area (Å²) in [7, 11) is 0. The van der Waals surface area contributed by atoms with Crippen LogP contribution < -0.4 is 5.43 Å². The summed E-state index contributed by atoms with van der Waals surface area (Å²) in [6, 6.07) is 11.6. The third kappa shape index (κ3) is 4.29. The second-order valence-corrected chi connectivity index (χ2v) is 5.88. The molecule has 0 unspecified atom stereocenters. The molecule has 0 atom stereocenters. The Kier molecular flexibility index (Phi) is 4.87. The lowest BCUT2D eigenvalue weighted by molar-refractivity contribution is -0.120. The van der Waals surface area contributed by atoms with E-state index in [-0.39, 0.29) is 5.91 Å². The van der Waals surface area contributed by atoms with Gasteiger partial charge in [0.2, 0.25) is 5.91 Å². The van der Waals surface area contributed by atoms with Gasteiger partial charge in [0.1, 0.15) is 0 Å². The molecule has 0 aliphatic carbocycles. The highest BCUT2D eigenvalue weighted by molar-refractivity contribution is 9.10. The molecule has 19 heavy (non-hydrogen) atoms. The first kappa shape index (κ1) is 14.0. The van der Waals surface area contributed by atoms with Crippen molar-refractivity contribution in [2.75, 3.05) is 0 Å². The maximum atomic E-state index is 11.7. The molecule has 0 aliphatic rings. The van der Waals surface area contributed by atoms with E-state index in [4.69, 9.17) is 0 Å². The van der Waals surface area contributed by atoms with Crippen LogP contribution in [0.5, 0.6) is 0 Å². The Bertz CT molecular complexity index is 576. The highest BCUT2D eigenvalue weighted by Crippen LogP contribution is 2.11. The number of carbonyl (C=O) groups is 1. The number of halogens is 1. The van der Waals surface area contributed by atoms with Crippen molar-refractivity contribution in [2.24, 2.45) is 5.10 Å². The number of benzene rings is 1. The van der Waals surface area contributed by atoms with Crippen molar-refractivity contribution >= 4 is 38.9 Å². The zero-order chi connectivity index (χ0) is 13.7. The maximum absolute atomic E-state index is 11.7. The summed E-state index contributed by atoms with van der Waals surface area (Å²) < 4.78 is 1.00. The molecule has 2 aromatic rings. The minimum absolute atomic E-state index is 0.113. The lowest BCUT2D eigenvalue weighted by Gasteiger charge is -2.02. The molecule has 5 heteroatoms. The number of amides is 1. The molecule has 0 fully saturated rings. The Morgan fingerprint density at radius 2 is 2.05 bits per heavy atom. The van der Waals surface area contributed by atoms with Gasteiger partial charge in [-0.25, -0.2) is 5.43 Å². The number of hydrogen-bond donors (Lipinski definition) is 1. The van der Waals surface area contributed by atoms with Gasteiger partial charge in [-0.2, -0.15) is 5.10 Å². The number of carbonyl (C=O) groups excluding carboxylic acids is 1. The summed E-state index contributed by atoms with van der Waals surface area (Å²) in [5, 5.41) is 6.08. The first-order valence-corrected chi connectivity index (χ1v) is 7.44. The van der Waals surface area contributed by atoms with Crippen LogP contribution in [0.25, 0.3) is 0 Å². The van der Waals surface area contributed by atoms with Crippen molar-refractivity contribution in [3.63, 3.8) is 0 Å². The Hall–Kier alpha value is -1.46. The highest BCUT2D eigenvalue weighted by Gasteiger charge is 2.03. The second kappa shape index (κ2) is 6.63. The molecule has 1 heterocycles. The van der Waals surface area contributed by atoms with Gasteiger partial charge in [0.15, 0.2) is 0 Å². The van der Waals surface area contributed by atoms with E-state index in [1.54, 1.807) is 11.3 Å². The number of hydrogen-bond acceptors (Lipinski definition) is 3. The third-order valence-electron chi connectivity index (χ3n) is 2.50. The van der Waals surface area contributed by atoms with Crippen LogP contribution in [0, 0.1) is 0 Å². The molecule has 0 bridgehead atoms. The molecule has 0 saturated heterocycles. The van der Waals surface area contributed by atoms with Crippen molar-refractivity contribution in [1.82, 2.24) is 5.43 Å². The van der Waals surface area contributed by atoms with Gasteiger partial charge in [-0.1, -0.05) is 34.1 Å². The number of nitrogens with zero attached hydrogens (tertiary/aromatic N) is 1. The van der Waals surface area contributed by atoms with E-state index in [0.717, 1.165) is 20.6 Å². The van der Waals surface area contributed by atoms with E-state index in [1.165, 1.54) is 0 Å². The molecule has 1 amide bonds. The summed E-state index contributed by atoms with van der Waals surface area (Å²) in [6.07, 6.45) is 0.328. The number of hydrazone groups is 1. The van der Waals surface area contributed by atoms with Gasteiger partial charge < -0.3 is 0 Å². The van der Waals surface area contributed by atoms with Crippen LogP contribution in [-0.2, 0) is 11.2 Å². The van der Waals surface area contributed by atoms with Crippen LogP contribution in [0.4, 0.5) is 0 Å². The van der Waals surface area contributed by atoms with E-state index in [1.807, 2.05) is 48.7 Å². The predicted octanol–water partition coefficient (Wildman–Crippen LogP) is 3.59. The van der Waals surface area contributed by atoms with E-state index < -0.39 is 0 Å². The maximum Gasteiger partial charge on any atom is 0.244 e. The first-order valence-electron chi connectivity index (χ1n) is 5.76. The number of nitrogens with one attached hydrogen (secondary N) is 1. The highest BCUT2D eigenvalue weighted by atomic mass is 79.9. The standard InChI is InChI=1S/C14H13BrN2OS/c1-10(13-3-2-8-19-13)16-17-14(18)9-11-4-6-12(15)7-5-11/h2-8H,9H2,1H3,(H,17,18)/b16-10+. The van der Waals surface area contributed by atoms with Gasteiger partial charge in [-0.3, -0.25) is 4.79 Å². The molecule has 1 aromatic heterocycles. The van der Waals surface area contributed by atoms with Crippen LogP contribution in [-0.4, -0.2) is 11.6 Å². The lowest BCUT2D eigenvalue weighted by Crippen LogP contribution is -2.21. The molecule has 0 radical (unpaired) electrons. The van der Waals surface area contributed by atoms with Crippen LogP contribution >= 0.6 is 27.3 Å². The summed E-state index contributed by atoms with van der Waals surface area (Å²) in [4.78, 5) is 12.8.